The largest absolute Gasteiger partial charge is 0.366 e. The number of hydrogen-bond acceptors (Lipinski definition) is 6. The second-order valence-electron chi connectivity index (χ2n) is 6.18. The summed E-state index contributed by atoms with van der Waals surface area (Å²) in [5.41, 5.74) is 0.610. The van der Waals surface area contributed by atoms with Gasteiger partial charge in [0.05, 0.1) is 24.2 Å². The maximum atomic E-state index is 12.6. The van der Waals surface area contributed by atoms with Gasteiger partial charge < -0.3 is 10.2 Å². The average molecular weight is 310 g/mol. The van der Waals surface area contributed by atoms with Crippen molar-refractivity contribution in [2.45, 2.75) is 18.9 Å². The van der Waals surface area contributed by atoms with Crippen molar-refractivity contribution in [3.05, 3.63) is 42.6 Å². The minimum absolute atomic E-state index is 0.0487. The summed E-state index contributed by atoms with van der Waals surface area (Å²) in [6.07, 6.45) is 10.4. The number of hydrogen-bond donors (Lipinski definition) is 1. The molecule has 3 atom stereocenters. The van der Waals surface area contributed by atoms with Crippen LogP contribution in [0.4, 0.5) is 5.82 Å². The summed E-state index contributed by atoms with van der Waals surface area (Å²) in [5, 5.41) is 11.0. The third-order valence-electron chi connectivity index (χ3n) is 4.87. The van der Waals surface area contributed by atoms with E-state index in [-0.39, 0.29) is 5.91 Å². The molecule has 2 aromatic heterocycles. The van der Waals surface area contributed by atoms with Crippen molar-refractivity contribution < 1.29 is 4.79 Å². The van der Waals surface area contributed by atoms with Crippen LogP contribution in [0.5, 0.6) is 0 Å². The summed E-state index contributed by atoms with van der Waals surface area (Å²) in [6, 6.07) is 2.07. The van der Waals surface area contributed by atoms with Crippen LogP contribution in [-0.4, -0.2) is 50.1 Å². The highest BCUT2D eigenvalue weighted by Gasteiger charge is 2.44. The highest BCUT2D eigenvalue weighted by molar-refractivity contribution is 5.94. The first-order chi connectivity index (χ1) is 11.3. The van der Waals surface area contributed by atoms with E-state index in [4.69, 9.17) is 0 Å². The van der Waals surface area contributed by atoms with E-state index in [2.05, 4.69) is 25.5 Å². The Kier molecular flexibility index (Phi) is 3.61. The van der Waals surface area contributed by atoms with Gasteiger partial charge in [0.1, 0.15) is 5.82 Å². The Labute approximate surface area is 134 Å². The Bertz CT molecular complexity index is 679. The van der Waals surface area contributed by atoms with Crippen molar-refractivity contribution in [1.29, 1.82) is 0 Å². The number of nitrogens with zero attached hydrogens (tertiary/aromatic N) is 5. The molecule has 7 nitrogen and oxygen atoms in total. The Morgan fingerprint density at radius 2 is 2.09 bits per heavy atom. The molecule has 2 aliphatic rings. The number of fused-ring (bicyclic) bond motifs is 1. The fraction of sp³-hybridized carbons (Fsp3) is 0.438. The highest BCUT2D eigenvalue weighted by Crippen LogP contribution is 2.39. The minimum Gasteiger partial charge on any atom is -0.366 e. The first-order valence-electron chi connectivity index (χ1n) is 7.90. The van der Waals surface area contributed by atoms with Gasteiger partial charge >= 0.3 is 0 Å². The van der Waals surface area contributed by atoms with Crippen molar-refractivity contribution in [2.24, 2.45) is 11.8 Å². The monoisotopic (exact) mass is 310 g/mol. The third kappa shape index (κ3) is 2.74. The molecule has 0 unspecified atom stereocenters. The Morgan fingerprint density at radius 3 is 2.87 bits per heavy atom. The number of amides is 1. The minimum atomic E-state index is 0.0487. The van der Waals surface area contributed by atoms with Crippen LogP contribution in [0.3, 0.4) is 0 Å². The van der Waals surface area contributed by atoms with Gasteiger partial charge in [-0.25, -0.2) is 4.98 Å². The Hall–Kier alpha value is -2.57. The van der Waals surface area contributed by atoms with Crippen LogP contribution in [0.1, 0.15) is 23.2 Å². The molecule has 0 aromatic carbocycles. The van der Waals surface area contributed by atoms with E-state index in [1.165, 1.54) is 6.20 Å². The molecule has 7 heteroatoms. The molecule has 1 N–H and O–H groups in total. The van der Waals surface area contributed by atoms with Crippen molar-refractivity contribution >= 4 is 11.7 Å². The highest BCUT2D eigenvalue weighted by atomic mass is 16.2. The molecule has 4 rings (SSSR count). The predicted octanol–water partition coefficient (Wildman–Crippen LogP) is 1.23. The molecule has 23 heavy (non-hydrogen) atoms. The Balaban J connectivity index is 1.44. The molecule has 2 fully saturated rings. The van der Waals surface area contributed by atoms with Crippen LogP contribution >= 0.6 is 0 Å². The molecule has 1 saturated heterocycles. The van der Waals surface area contributed by atoms with Gasteiger partial charge in [0, 0.05) is 37.4 Å². The van der Waals surface area contributed by atoms with Gasteiger partial charge in [0.25, 0.3) is 5.91 Å². The quantitative estimate of drug-likeness (QED) is 0.918. The van der Waals surface area contributed by atoms with Gasteiger partial charge in [0.2, 0.25) is 0 Å². The standard InChI is InChI=1S/C16H18N6O/c23-16(11-3-4-19-20-7-11)22-9-12-1-2-14(13(12)10-22)21-15-8-17-5-6-18-15/h3-8,12-14H,1-2,9-10H2,(H,18,21)/t12-,13+,14-/m1/s1. The van der Waals surface area contributed by atoms with Gasteiger partial charge in [-0.1, -0.05) is 0 Å². The molecule has 2 aromatic rings. The van der Waals surface area contributed by atoms with Gasteiger partial charge in [-0.15, -0.1) is 0 Å². The second kappa shape index (κ2) is 5.91. The lowest BCUT2D eigenvalue weighted by atomic mass is 9.98. The third-order valence-corrected chi connectivity index (χ3v) is 4.87. The van der Waals surface area contributed by atoms with Crippen LogP contribution in [-0.2, 0) is 0 Å². The lowest BCUT2D eigenvalue weighted by molar-refractivity contribution is 0.0779. The van der Waals surface area contributed by atoms with Crippen LogP contribution in [0.2, 0.25) is 0 Å². The summed E-state index contributed by atoms with van der Waals surface area (Å²) < 4.78 is 0. The lowest BCUT2D eigenvalue weighted by Crippen LogP contribution is -2.33. The fourth-order valence-electron chi connectivity index (χ4n) is 3.77. The molecule has 1 amide bonds. The number of aromatic nitrogens is 4. The summed E-state index contributed by atoms with van der Waals surface area (Å²) in [6.45, 7) is 1.61. The van der Waals surface area contributed by atoms with E-state index in [0.29, 0.717) is 23.4 Å². The van der Waals surface area contributed by atoms with Crippen LogP contribution in [0.15, 0.2) is 37.1 Å². The van der Waals surface area contributed by atoms with E-state index in [1.54, 1.807) is 30.9 Å². The van der Waals surface area contributed by atoms with Crippen LogP contribution in [0, 0.1) is 11.8 Å². The number of carbonyl (C=O) groups excluding carboxylic acids is 1. The lowest BCUT2D eigenvalue weighted by Gasteiger charge is -2.22. The topological polar surface area (TPSA) is 83.9 Å². The molecular weight excluding hydrogens is 292 g/mol. The van der Waals surface area contributed by atoms with Crippen molar-refractivity contribution in [2.75, 3.05) is 18.4 Å². The summed E-state index contributed by atoms with van der Waals surface area (Å²) in [4.78, 5) is 22.9. The first kappa shape index (κ1) is 14.0. The van der Waals surface area contributed by atoms with Gasteiger partial charge in [-0.05, 0) is 24.8 Å². The maximum absolute atomic E-state index is 12.6. The second-order valence-corrected chi connectivity index (χ2v) is 6.18. The molecule has 0 spiro atoms. The fourth-order valence-corrected chi connectivity index (χ4v) is 3.77. The van der Waals surface area contributed by atoms with Crippen molar-refractivity contribution in [3.8, 4) is 0 Å². The summed E-state index contributed by atoms with van der Waals surface area (Å²) in [7, 11) is 0. The molecule has 0 radical (unpaired) electrons. The van der Waals surface area contributed by atoms with Crippen LogP contribution < -0.4 is 5.32 Å². The maximum Gasteiger partial charge on any atom is 0.255 e. The van der Waals surface area contributed by atoms with E-state index >= 15 is 0 Å². The normalized spacial score (nSPS) is 26.1. The predicted molar refractivity (Wildman–Crippen MR) is 83.6 cm³/mol. The zero-order valence-corrected chi connectivity index (χ0v) is 12.7. The molecule has 1 aliphatic carbocycles. The van der Waals surface area contributed by atoms with Crippen LogP contribution in [0.25, 0.3) is 0 Å². The molecule has 1 aliphatic heterocycles. The zero-order valence-electron chi connectivity index (χ0n) is 12.7. The van der Waals surface area contributed by atoms with Gasteiger partial charge in [-0.2, -0.15) is 10.2 Å². The first-order valence-corrected chi connectivity index (χ1v) is 7.90. The Morgan fingerprint density at radius 1 is 1.13 bits per heavy atom. The molecule has 118 valence electrons. The van der Waals surface area contributed by atoms with Crippen molar-refractivity contribution in [3.63, 3.8) is 0 Å². The molecule has 0 bridgehead atoms. The van der Waals surface area contributed by atoms with Crippen molar-refractivity contribution in [1.82, 2.24) is 25.1 Å². The smallest absolute Gasteiger partial charge is 0.255 e. The average Bonchev–Trinajstić information content (AvgIpc) is 3.18. The summed E-state index contributed by atoms with van der Waals surface area (Å²) in [5.74, 6) is 1.88. The van der Waals surface area contributed by atoms with Gasteiger partial charge in [0.15, 0.2) is 0 Å². The molecule has 1 saturated carbocycles. The number of anilines is 1. The number of nitrogens with one attached hydrogen (secondary N) is 1. The zero-order chi connectivity index (χ0) is 15.6. The number of rotatable bonds is 3. The summed E-state index contributed by atoms with van der Waals surface area (Å²) >= 11 is 0. The van der Waals surface area contributed by atoms with E-state index in [0.717, 1.165) is 31.7 Å². The van der Waals surface area contributed by atoms with E-state index < -0.39 is 0 Å². The SMILES string of the molecule is O=C(c1ccnnc1)N1C[C@H]2CC[C@@H](Nc3cnccn3)[C@H]2C1. The van der Waals surface area contributed by atoms with E-state index in [1.807, 2.05) is 4.90 Å². The molecular formula is C16H18N6O. The number of carbonyl (C=O) groups is 1. The number of likely N-dealkylation sites (tertiary alicyclic amines) is 1. The van der Waals surface area contributed by atoms with E-state index in [9.17, 15) is 4.79 Å². The van der Waals surface area contributed by atoms with Gasteiger partial charge in [-0.3, -0.25) is 9.78 Å². The molecule has 3 heterocycles.